The zero-order valence-electron chi connectivity index (χ0n) is 15.2. The van der Waals surface area contributed by atoms with Crippen LogP contribution in [0.4, 0.5) is 0 Å². The SMILES string of the molecule is CN=C(NCc1sc(C)nc1C)NC1C2CCCOC2C1(C)C.I. The highest BCUT2D eigenvalue weighted by Crippen LogP contribution is 2.51. The van der Waals surface area contributed by atoms with Crippen LogP contribution in [-0.2, 0) is 11.3 Å². The highest BCUT2D eigenvalue weighted by atomic mass is 127. The van der Waals surface area contributed by atoms with Crippen molar-refractivity contribution >= 4 is 41.3 Å². The molecular formula is C17H29IN4OS. The third-order valence-electron chi connectivity index (χ3n) is 5.26. The first-order chi connectivity index (χ1) is 10.9. The maximum Gasteiger partial charge on any atom is 0.191 e. The van der Waals surface area contributed by atoms with Crippen molar-refractivity contribution in [2.24, 2.45) is 16.3 Å². The van der Waals surface area contributed by atoms with Gasteiger partial charge in [0.2, 0.25) is 0 Å². The summed E-state index contributed by atoms with van der Waals surface area (Å²) in [6.45, 7) is 10.4. The van der Waals surface area contributed by atoms with Crippen LogP contribution in [0.25, 0.3) is 0 Å². The van der Waals surface area contributed by atoms with Gasteiger partial charge in [-0.3, -0.25) is 4.99 Å². The van der Waals surface area contributed by atoms with Crippen LogP contribution < -0.4 is 10.6 Å². The highest BCUT2D eigenvalue weighted by Gasteiger charge is 2.58. The van der Waals surface area contributed by atoms with Crippen molar-refractivity contribution in [3.63, 3.8) is 0 Å². The molecule has 1 saturated heterocycles. The smallest absolute Gasteiger partial charge is 0.191 e. The lowest BCUT2D eigenvalue weighted by Gasteiger charge is -2.60. The third-order valence-corrected chi connectivity index (χ3v) is 6.34. The number of fused-ring (bicyclic) bond motifs is 1. The molecule has 2 N–H and O–H groups in total. The Hall–Kier alpha value is -0.410. The Balaban J connectivity index is 0.00000208. The van der Waals surface area contributed by atoms with Gasteiger partial charge < -0.3 is 15.4 Å². The largest absolute Gasteiger partial charge is 0.377 e. The van der Waals surface area contributed by atoms with Crippen LogP contribution in [0.5, 0.6) is 0 Å². The van der Waals surface area contributed by atoms with Crippen LogP contribution in [0.3, 0.4) is 0 Å². The molecule has 24 heavy (non-hydrogen) atoms. The Kier molecular flexibility index (Phi) is 6.52. The fraction of sp³-hybridized carbons (Fsp3) is 0.765. The molecule has 2 fully saturated rings. The average Bonchev–Trinajstić information content (AvgIpc) is 2.85. The molecule has 1 aromatic rings. The second kappa shape index (κ2) is 7.86. The normalized spacial score (nSPS) is 28.4. The summed E-state index contributed by atoms with van der Waals surface area (Å²) in [7, 11) is 1.83. The summed E-state index contributed by atoms with van der Waals surface area (Å²) >= 11 is 1.75. The van der Waals surface area contributed by atoms with Crippen molar-refractivity contribution in [3.05, 3.63) is 15.6 Å². The van der Waals surface area contributed by atoms with Crippen LogP contribution in [0, 0.1) is 25.2 Å². The molecule has 1 aliphatic carbocycles. The number of hydrogen-bond donors (Lipinski definition) is 2. The van der Waals surface area contributed by atoms with Crippen molar-refractivity contribution in [3.8, 4) is 0 Å². The van der Waals surface area contributed by atoms with Gasteiger partial charge in [0, 0.05) is 35.9 Å². The summed E-state index contributed by atoms with van der Waals surface area (Å²) in [6, 6.07) is 0.420. The van der Waals surface area contributed by atoms with E-state index in [0.717, 1.165) is 29.8 Å². The summed E-state index contributed by atoms with van der Waals surface area (Å²) in [5.74, 6) is 1.47. The molecule has 2 heterocycles. The maximum atomic E-state index is 5.98. The molecule has 5 nitrogen and oxygen atoms in total. The molecule has 0 spiro atoms. The van der Waals surface area contributed by atoms with Crippen molar-refractivity contribution in [1.29, 1.82) is 0 Å². The first-order valence-corrected chi connectivity index (χ1v) is 9.27. The number of ether oxygens (including phenoxy) is 1. The molecule has 0 aromatic carbocycles. The van der Waals surface area contributed by atoms with Gasteiger partial charge in [-0.2, -0.15) is 0 Å². The average molecular weight is 464 g/mol. The standard InChI is InChI=1S/C17H28N4OS.HI/c1-10-13(23-11(2)20-10)9-19-16(18-5)21-14-12-7-6-8-22-15(12)17(14,3)4;/h12,14-15H,6-9H2,1-5H3,(H2,18,19,21);1H. The van der Waals surface area contributed by atoms with Gasteiger partial charge in [-0.25, -0.2) is 4.98 Å². The predicted octanol–water partition coefficient (Wildman–Crippen LogP) is 3.25. The van der Waals surface area contributed by atoms with Crippen molar-refractivity contribution in [2.45, 2.75) is 59.2 Å². The predicted molar refractivity (Wildman–Crippen MR) is 110 cm³/mol. The Bertz CT molecular complexity index is 601. The van der Waals surface area contributed by atoms with Gasteiger partial charge in [0.15, 0.2) is 5.96 Å². The van der Waals surface area contributed by atoms with Crippen LogP contribution in [0.2, 0.25) is 0 Å². The third kappa shape index (κ3) is 3.72. The number of aliphatic imine (C=N–C) groups is 1. The first kappa shape index (κ1) is 19.9. The molecule has 7 heteroatoms. The summed E-state index contributed by atoms with van der Waals surface area (Å²) < 4.78 is 5.98. The van der Waals surface area contributed by atoms with Gasteiger partial charge in [-0.1, -0.05) is 13.8 Å². The van der Waals surface area contributed by atoms with E-state index in [4.69, 9.17) is 4.74 Å². The first-order valence-electron chi connectivity index (χ1n) is 8.45. The number of nitrogens with zero attached hydrogens (tertiary/aromatic N) is 2. The summed E-state index contributed by atoms with van der Waals surface area (Å²) in [5, 5.41) is 8.19. The van der Waals surface area contributed by atoms with Crippen LogP contribution in [0.1, 0.15) is 42.3 Å². The molecule has 0 amide bonds. The van der Waals surface area contributed by atoms with Gasteiger partial charge >= 0.3 is 0 Å². The van der Waals surface area contributed by atoms with E-state index in [1.54, 1.807) is 11.3 Å². The number of nitrogens with one attached hydrogen (secondary N) is 2. The molecule has 0 bridgehead atoms. The van der Waals surface area contributed by atoms with Crippen molar-refractivity contribution in [2.75, 3.05) is 13.7 Å². The summed E-state index contributed by atoms with van der Waals surface area (Å²) in [6.07, 6.45) is 2.80. The number of aryl methyl sites for hydroxylation is 2. The van der Waals surface area contributed by atoms with Crippen LogP contribution >= 0.6 is 35.3 Å². The highest BCUT2D eigenvalue weighted by molar-refractivity contribution is 14.0. The van der Waals surface area contributed by atoms with Gasteiger partial charge in [-0.15, -0.1) is 35.3 Å². The lowest BCUT2D eigenvalue weighted by Crippen LogP contribution is -2.70. The van der Waals surface area contributed by atoms with E-state index in [9.17, 15) is 0 Å². The van der Waals surface area contributed by atoms with E-state index in [2.05, 4.69) is 41.4 Å². The van der Waals surface area contributed by atoms with E-state index < -0.39 is 0 Å². The lowest BCUT2D eigenvalue weighted by atomic mass is 9.55. The number of hydrogen-bond acceptors (Lipinski definition) is 4. The topological polar surface area (TPSA) is 58.5 Å². The second-order valence-electron chi connectivity index (χ2n) is 7.21. The van der Waals surface area contributed by atoms with Gasteiger partial charge in [0.1, 0.15) is 0 Å². The van der Waals surface area contributed by atoms with Crippen molar-refractivity contribution < 1.29 is 4.74 Å². The minimum atomic E-state index is 0. The molecule has 2 aliphatic rings. The Morgan fingerprint density at radius 1 is 1.42 bits per heavy atom. The van der Waals surface area contributed by atoms with E-state index in [0.29, 0.717) is 18.1 Å². The summed E-state index contributed by atoms with van der Waals surface area (Å²) in [5.41, 5.74) is 1.26. The molecular weight excluding hydrogens is 435 g/mol. The van der Waals surface area contributed by atoms with E-state index in [-0.39, 0.29) is 29.4 Å². The molecule has 1 saturated carbocycles. The van der Waals surface area contributed by atoms with Gasteiger partial charge in [-0.05, 0) is 26.7 Å². The zero-order valence-corrected chi connectivity index (χ0v) is 18.3. The molecule has 3 unspecified atom stereocenters. The molecule has 1 aliphatic heterocycles. The molecule has 0 radical (unpaired) electrons. The van der Waals surface area contributed by atoms with Crippen LogP contribution in [0.15, 0.2) is 4.99 Å². The van der Waals surface area contributed by atoms with Crippen LogP contribution in [-0.4, -0.2) is 36.7 Å². The Labute approximate surface area is 166 Å². The molecule has 1 aromatic heterocycles. The maximum absolute atomic E-state index is 5.98. The molecule has 136 valence electrons. The number of halogens is 1. The molecule has 3 rings (SSSR count). The van der Waals surface area contributed by atoms with E-state index in [1.165, 1.54) is 17.7 Å². The van der Waals surface area contributed by atoms with Crippen molar-refractivity contribution in [1.82, 2.24) is 15.6 Å². The second-order valence-corrected chi connectivity index (χ2v) is 8.50. The fourth-order valence-electron chi connectivity index (χ4n) is 4.06. The Morgan fingerprint density at radius 2 is 2.17 bits per heavy atom. The molecule has 3 atom stereocenters. The number of rotatable bonds is 3. The fourth-order valence-corrected chi connectivity index (χ4v) is 4.94. The van der Waals surface area contributed by atoms with E-state index in [1.807, 2.05) is 14.0 Å². The number of guanidine groups is 1. The minimum Gasteiger partial charge on any atom is -0.377 e. The lowest BCUT2D eigenvalue weighted by molar-refractivity contribution is -0.188. The van der Waals surface area contributed by atoms with E-state index >= 15 is 0 Å². The number of thiazole rings is 1. The monoisotopic (exact) mass is 464 g/mol. The quantitative estimate of drug-likeness (QED) is 0.410. The minimum absolute atomic E-state index is 0. The zero-order chi connectivity index (χ0) is 16.6. The van der Waals surface area contributed by atoms with Gasteiger partial charge in [0.05, 0.1) is 23.4 Å². The van der Waals surface area contributed by atoms with Gasteiger partial charge in [0.25, 0.3) is 0 Å². The Morgan fingerprint density at radius 3 is 2.79 bits per heavy atom. The number of aromatic nitrogens is 1. The summed E-state index contributed by atoms with van der Waals surface area (Å²) in [4.78, 5) is 10.2.